The average molecular weight is 232 g/mol. The number of hydrogen-bond acceptors (Lipinski definition) is 2. The van der Waals surface area contributed by atoms with Gasteiger partial charge in [-0.2, -0.15) is 0 Å². The zero-order valence-electron chi connectivity index (χ0n) is 11.1. The van der Waals surface area contributed by atoms with Crippen LogP contribution >= 0.6 is 0 Å². The van der Waals surface area contributed by atoms with E-state index < -0.39 is 9.28 Å². The summed E-state index contributed by atoms with van der Waals surface area (Å²) in [6.07, 6.45) is 5.85. The van der Waals surface area contributed by atoms with Crippen LogP contribution in [-0.2, 0) is 8.85 Å². The summed E-state index contributed by atoms with van der Waals surface area (Å²) in [6.45, 7) is 10.6. The fraction of sp³-hybridized carbons (Fsp3) is 1.00. The molecule has 3 heteroatoms. The highest BCUT2D eigenvalue weighted by Crippen LogP contribution is 2.11. The third kappa shape index (κ3) is 10.4. The van der Waals surface area contributed by atoms with E-state index in [4.69, 9.17) is 8.85 Å². The maximum absolute atomic E-state index is 5.86. The third-order valence-corrected chi connectivity index (χ3v) is 4.72. The zero-order chi connectivity index (χ0) is 11.7. The van der Waals surface area contributed by atoms with E-state index >= 15 is 0 Å². The van der Waals surface area contributed by atoms with Gasteiger partial charge >= 0.3 is 9.28 Å². The van der Waals surface area contributed by atoms with Gasteiger partial charge in [-0.1, -0.05) is 32.6 Å². The van der Waals surface area contributed by atoms with Crippen molar-refractivity contribution in [1.29, 1.82) is 0 Å². The van der Waals surface area contributed by atoms with E-state index in [2.05, 4.69) is 34.6 Å². The van der Waals surface area contributed by atoms with Gasteiger partial charge in [0.2, 0.25) is 0 Å². The Bertz CT molecular complexity index is 128. The van der Waals surface area contributed by atoms with Gasteiger partial charge in [0.25, 0.3) is 0 Å². The molecule has 92 valence electrons. The molecule has 0 bridgehead atoms. The quantitative estimate of drug-likeness (QED) is 0.446. The molecule has 15 heavy (non-hydrogen) atoms. The van der Waals surface area contributed by atoms with Crippen molar-refractivity contribution in [3.8, 4) is 0 Å². The molecule has 0 aliphatic carbocycles. The van der Waals surface area contributed by atoms with Crippen LogP contribution in [0.4, 0.5) is 0 Å². The summed E-state index contributed by atoms with van der Waals surface area (Å²) in [5, 5.41) is 0. The second kappa shape index (κ2) is 9.37. The first-order valence-corrected chi connectivity index (χ1v) is 8.13. The topological polar surface area (TPSA) is 18.5 Å². The normalized spacial score (nSPS) is 12.0. The molecule has 0 aromatic rings. The molecule has 0 heterocycles. The molecule has 0 radical (unpaired) electrons. The molecule has 0 aromatic heterocycles. The summed E-state index contributed by atoms with van der Waals surface area (Å²) in [7, 11) is -1.39. The maximum Gasteiger partial charge on any atom is 0.321 e. The van der Waals surface area contributed by atoms with Crippen molar-refractivity contribution in [3.63, 3.8) is 0 Å². The van der Waals surface area contributed by atoms with Gasteiger partial charge in [0.1, 0.15) is 0 Å². The molecule has 0 spiro atoms. The van der Waals surface area contributed by atoms with Crippen molar-refractivity contribution in [2.75, 3.05) is 0 Å². The Morgan fingerprint density at radius 1 is 0.867 bits per heavy atom. The molecule has 0 amide bonds. The van der Waals surface area contributed by atoms with E-state index in [9.17, 15) is 0 Å². The monoisotopic (exact) mass is 232 g/mol. The van der Waals surface area contributed by atoms with Gasteiger partial charge in [-0.05, 0) is 33.7 Å². The van der Waals surface area contributed by atoms with E-state index in [0.717, 1.165) is 6.04 Å². The van der Waals surface area contributed by atoms with Gasteiger partial charge in [-0.25, -0.2) is 0 Å². The largest absolute Gasteiger partial charge is 0.394 e. The van der Waals surface area contributed by atoms with Gasteiger partial charge in [0.15, 0.2) is 0 Å². The molecule has 0 fully saturated rings. The van der Waals surface area contributed by atoms with E-state index in [0.29, 0.717) is 12.2 Å². The fourth-order valence-corrected chi connectivity index (χ4v) is 3.69. The molecule has 0 aliphatic heterocycles. The van der Waals surface area contributed by atoms with Crippen molar-refractivity contribution in [2.45, 2.75) is 78.6 Å². The Labute approximate surface area is 97.2 Å². The van der Waals surface area contributed by atoms with Crippen LogP contribution in [0.1, 0.15) is 60.3 Å². The lowest BCUT2D eigenvalue weighted by Crippen LogP contribution is -2.29. The molecule has 0 aliphatic rings. The van der Waals surface area contributed by atoms with Crippen LogP contribution in [0.2, 0.25) is 6.04 Å². The van der Waals surface area contributed by atoms with Crippen molar-refractivity contribution >= 4 is 9.28 Å². The Morgan fingerprint density at radius 3 is 1.80 bits per heavy atom. The minimum absolute atomic E-state index is 0.312. The van der Waals surface area contributed by atoms with Gasteiger partial charge in [-0.3, -0.25) is 0 Å². The average Bonchev–Trinajstić information content (AvgIpc) is 2.10. The smallest absolute Gasteiger partial charge is 0.321 e. The molecule has 0 atom stereocenters. The van der Waals surface area contributed by atoms with Crippen molar-refractivity contribution < 1.29 is 8.85 Å². The number of rotatable bonds is 9. The van der Waals surface area contributed by atoms with Crippen LogP contribution in [0.25, 0.3) is 0 Å². The van der Waals surface area contributed by atoms with Crippen LogP contribution < -0.4 is 0 Å². The third-order valence-electron chi connectivity index (χ3n) is 2.14. The van der Waals surface area contributed by atoms with Crippen molar-refractivity contribution in [3.05, 3.63) is 0 Å². The lowest BCUT2D eigenvalue weighted by molar-refractivity contribution is 0.129. The Morgan fingerprint density at radius 2 is 1.40 bits per heavy atom. The summed E-state index contributed by atoms with van der Waals surface area (Å²) >= 11 is 0. The van der Waals surface area contributed by atoms with Crippen LogP contribution in [-0.4, -0.2) is 21.5 Å². The summed E-state index contributed by atoms with van der Waals surface area (Å²) in [6, 6.07) is 1.16. The lowest BCUT2D eigenvalue weighted by atomic mass is 10.2. The highest BCUT2D eigenvalue weighted by atomic mass is 28.3. The molecule has 0 saturated carbocycles. The first kappa shape index (κ1) is 15.1. The SMILES string of the molecule is CCCCCC[SiH](OC(C)C)OC(C)C. The first-order valence-electron chi connectivity index (χ1n) is 6.37. The fourth-order valence-electron chi connectivity index (χ4n) is 1.51. The minimum Gasteiger partial charge on any atom is -0.394 e. The van der Waals surface area contributed by atoms with Gasteiger partial charge in [0.05, 0.1) is 0 Å². The van der Waals surface area contributed by atoms with E-state index in [-0.39, 0.29) is 0 Å². The van der Waals surface area contributed by atoms with Crippen LogP contribution in [0.3, 0.4) is 0 Å². The Hall–Kier alpha value is 0.137. The van der Waals surface area contributed by atoms with Crippen LogP contribution in [0, 0.1) is 0 Å². The zero-order valence-corrected chi connectivity index (χ0v) is 12.2. The standard InChI is InChI=1S/C12H28O2Si/c1-6-7-8-9-10-15(13-11(2)3)14-12(4)5/h11-12,15H,6-10H2,1-5H3. The van der Waals surface area contributed by atoms with Gasteiger partial charge in [-0.15, -0.1) is 0 Å². The van der Waals surface area contributed by atoms with E-state index in [1.54, 1.807) is 0 Å². The maximum atomic E-state index is 5.86. The summed E-state index contributed by atoms with van der Waals surface area (Å²) in [5.41, 5.74) is 0. The minimum atomic E-state index is -1.39. The molecular weight excluding hydrogens is 204 g/mol. The van der Waals surface area contributed by atoms with Crippen molar-refractivity contribution in [2.24, 2.45) is 0 Å². The van der Waals surface area contributed by atoms with Gasteiger partial charge in [0, 0.05) is 12.2 Å². The first-order chi connectivity index (χ1) is 7.06. The summed E-state index contributed by atoms with van der Waals surface area (Å²) in [4.78, 5) is 0. The number of hydrogen-bond donors (Lipinski definition) is 0. The molecule has 0 unspecified atom stereocenters. The lowest BCUT2D eigenvalue weighted by Gasteiger charge is -2.21. The predicted octanol–water partition coefficient (Wildman–Crippen LogP) is 3.64. The molecular formula is C12H28O2Si. The molecule has 0 aromatic carbocycles. The number of unbranched alkanes of at least 4 members (excludes halogenated alkanes) is 3. The molecule has 2 nitrogen and oxygen atoms in total. The Balaban J connectivity index is 3.69. The van der Waals surface area contributed by atoms with Gasteiger partial charge < -0.3 is 8.85 Å². The van der Waals surface area contributed by atoms with Crippen LogP contribution in [0.5, 0.6) is 0 Å². The highest BCUT2D eigenvalue weighted by Gasteiger charge is 2.16. The molecule has 0 saturated heterocycles. The molecule has 0 N–H and O–H groups in total. The predicted molar refractivity (Wildman–Crippen MR) is 68.5 cm³/mol. The summed E-state index contributed by atoms with van der Waals surface area (Å²) in [5.74, 6) is 0. The van der Waals surface area contributed by atoms with Crippen LogP contribution in [0.15, 0.2) is 0 Å². The summed E-state index contributed by atoms with van der Waals surface area (Å²) < 4.78 is 11.7. The second-order valence-electron chi connectivity index (χ2n) is 4.65. The van der Waals surface area contributed by atoms with Crippen molar-refractivity contribution in [1.82, 2.24) is 0 Å². The molecule has 0 rings (SSSR count). The van der Waals surface area contributed by atoms with E-state index in [1.807, 2.05) is 0 Å². The second-order valence-corrected chi connectivity index (χ2v) is 6.63. The Kier molecular flexibility index (Phi) is 9.45. The van der Waals surface area contributed by atoms with E-state index in [1.165, 1.54) is 25.7 Å². The highest BCUT2D eigenvalue weighted by molar-refractivity contribution is 6.44.